The zero-order valence-electron chi connectivity index (χ0n) is 24.5. The Bertz CT molecular complexity index is 1100. The van der Waals surface area contributed by atoms with E-state index in [1.54, 1.807) is 20.8 Å². The highest BCUT2D eigenvalue weighted by Crippen LogP contribution is 2.42. The van der Waals surface area contributed by atoms with Crippen LogP contribution in [0.3, 0.4) is 0 Å². The van der Waals surface area contributed by atoms with Crippen LogP contribution in [0.1, 0.15) is 90.8 Å². The van der Waals surface area contributed by atoms with Crippen LogP contribution in [0.15, 0.2) is 42.5 Å². The summed E-state index contributed by atoms with van der Waals surface area (Å²) in [5.41, 5.74) is 1.70. The van der Waals surface area contributed by atoms with E-state index in [1.165, 1.54) is 23.3 Å². The summed E-state index contributed by atoms with van der Waals surface area (Å²) in [5.74, 6) is -1.09. The van der Waals surface area contributed by atoms with E-state index in [0.29, 0.717) is 11.5 Å². The quantitative estimate of drug-likeness (QED) is 0.344. The van der Waals surface area contributed by atoms with Gasteiger partial charge >= 0.3 is 6.09 Å². The second kappa shape index (κ2) is 12.3. The van der Waals surface area contributed by atoms with Crippen LogP contribution in [0.2, 0.25) is 0 Å². The van der Waals surface area contributed by atoms with E-state index in [9.17, 15) is 18.7 Å². The van der Waals surface area contributed by atoms with Gasteiger partial charge in [0.05, 0.1) is 12.1 Å². The lowest BCUT2D eigenvalue weighted by molar-refractivity contribution is 0.0394. The van der Waals surface area contributed by atoms with Gasteiger partial charge in [-0.2, -0.15) is 0 Å². The summed E-state index contributed by atoms with van der Waals surface area (Å²) >= 11 is 0. The summed E-state index contributed by atoms with van der Waals surface area (Å²) in [7, 11) is 0. The molecule has 0 heterocycles. The molecule has 3 N–H and O–H groups in total. The van der Waals surface area contributed by atoms with Gasteiger partial charge in [0.25, 0.3) is 0 Å². The highest BCUT2D eigenvalue weighted by Gasteiger charge is 2.40. The molecule has 7 heteroatoms. The summed E-state index contributed by atoms with van der Waals surface area (Å²) in [6, 6.07) is 11.1. The van der Waals surface area contributed by atoms with Crippen molar-refractivity contribution in [2.45, 2.75) is 109 Å². The molecule has 1 amide bonds. The number of benzene rings is 2. The van der Waals surface area contributed by atoms with Gasteiger partial charge in [-0.05, 0) is 80.2 Å². The molecule has 0 aliphatic heterocycles. The van der Waals surface area contributed by atoms with Crippen molar-refractivity contribution in [1.29, 1.82) is 0 Å². The van der Waals surface area contributed by atoms with Crippen molar-refractivity contribution in [3.05, 3.63) is 70.8 Å². The summed E-state index contributed by atoms with van der Waals surface area (Å²) in [4.78, 5) is 12.7. The summed E-state index contributed by atoms with van der Waals surface area (Å²) < 4.78 is 33.3. The SMILES string of the molecule is CC1CCCCC1(NC[C@@H](O)[C@H](Cc1cc(F)cc(F)c1)NC(=O)OC(C)(C)C)c1cccc(C(C)(C)C)c1. The Morgan fingerprint density at radius 3 is 2.33 bits per heavy atom. The average molecular weight is 545 g/mol. The van der Waals surface area contributed by atoms with E-state index in [4.69, 9.17) is 4.74 Å². The normalized spacial score (nSPS) is 21.7. The molecule has 0 saturated heterocycles. The van der Waals surface area contributed by atoms with E-state index in [-0.39, 0.29) is 23.9 Å². The molecule has 1 aliphatic carbocycles. The average Bonchev–Trinajstić information content (AvgIpc) is 2.81. The van der Waals surface area contributed by atoms with Crippen molar-refractivity contribution in [2.75, 3.05) is 6.54 Å². The van der Waals surface area contributed by atoms with Crippen LogP contribution in [0.4, 0.5) is 13.6 Å². The van der Waals surface area contributed by atoms with Gasteiger partial charge in [-0.25, -0.2) is 13.6 Å². The zero-order chi connectivity index (χ0) is 29.0. The smallest absolute Gasteiger partial charge is 0.407 e. The maximum absolute atomic E-state index is 13.9. The van der Waals surface area contributed by atoms with Gasteiger partial charge in [-0.3, -0.25) is 0 Å². The third-order valence-electron chi connectivity index (χ3n) is 7.71. The van der Waals surface area contributed by atoms with Crippen molar-refractivity contribution in [1.82, 2.24) is 10.6 Å². The number of alkyl carbamates (subject to hydrolysis) is 1. The number of carbonyl (C=O) groups is 1. The number of rotatable bonds is 8. The number of hydrogen-bond donors (Lipinski definition) is 3. The van der Waals surface area contributed by atoms with Crippen molar-refractivity contribution >= 4 is 6.09 Å². The van der Waals surface area contributed by atoms with E-state index < -0.39 is 35.5 Å². The number of aliphatic hydroxyl groups is 1. The number of ether oxygens (including phenoxy) is 1. The monoisotopic (exact) mass is 544 g/mol. The number of hydrogen-bond acceptors (Lipinski definition) is 4. The maximum Gasteiger partial charge on any atom is 0.407 e. The fourth-order valence-corrected chi connectivity index (χ4v) is 5.56. The Morgan fingerprint density at radius 2 is 1.74 bits per heavy atom. The number of amides is 1. The van der Waals surface area contributed by atoms with Crippen molar-refractivity contribution < 1.29 is 23.4 Å². The Balaban J connectivity index is 1.88. The van der Waals surface area contributed by atoms with Gasteiger partial charge in [0.2, 0.25) is 0 Å². The Morgan fingerprint density at radius 1 is 1.08 bits per heavy atom. The zero-order valence-corrected chi connectivity index (χ0v) is 24.5. The third-order valence-corrected chi connectivity index (χ3v) is 7.71. The molecular formula is C32H46F2N2O3. The lowest BCUT2D eigenvalue weighted by atomic mass is 9.68. The van der Waals surface area contributed by atoms with Gasteiger partial charge in [-0.15, -0.1) is 0 Å². The van der Waals surface area contributed by atoms with Gasteiger partial charge in [0.1, 0.15) is 17.2 Å². The summed E-state index contributed by atoms with van der Waals surface area (Å²) in [5, 5.41) is 17.8. The molecule has 0 spiro atoms. The predicted molar refractivity (Wildman–Crippen MR) is 152 cm³/mol. The van der Waals surface area contributed by atoms with Crippen LogP contribution < -0.4 is 10.6 Å². The largest absolute Gasteiger partial charge is 0.444 e. The van der Waals surface area contributed by atoms with Crippen molar-refractivity contribution in [3.63, 3.8) is 0 Å². The van der Waals surface area contributed by atoms with Crippen molar-refractivity contribution in [2.24, 2.45) is 5.92 Å². The molecule has 39 heavy (non-hydrogen) atoms. The molecule has 4 atom stereocenters. The Hall–Kier alpha value is -2.51. The third kappa shape index (κ3) is 8.49. The fourth-order valence-electron chi connectivity index (χ4n) is 5.56. The number of aliphatic hydroxyl groups excluding tert-OH is 1. The van der Waals surface area contributed by atoms with Crippen LogP contribution in [0.25, 0.3) is 0 Å². The topological polar surface area (TPSA) is 70.6 Å². The molecule has 1 fully saturated rings. The Kier molecular flexibility index (Phi) is 9.82. The first kappa shape index (κ1) is 31.0. The molecule has 1 saturated carbocycles. The standard InChI is InChI=1S/C32H46F2N2O3/c1-21-11-8-9-14-32(21,24-13-10-12-23(18-24)30(2,3)4)35-20-28(37)27(36-29(38)39-31(5,6)7)17-22-15-25(33)19-26(34)16-22/h10,12-13,15-16,18-19,21,27-28,35,37H,8-9,11,14,17,20H2,1-7H3,(H,36,38)/t21?,27-,28+,32?/m0/s1. The molecule has 0 bridgehead atoms. The number of halogens is 2. The minimum Gasteiger partial charge on any atom is -0.444 e. The van der Waals surface area contributed by atoms with Gasteiger partial charge < -0.3 is 20.5 Å². The molecule has 2 aromatic carbocycles. The molecule has 2 aromatic rings. The Labute approximate surface area is 232 Å². The molecule has 0 aromatic heterocycles. The molecule has 0 radical (unpaired) electrons. The van der Waals surface area contributed by atoms with E-state index in [0.717, 1.165) is 31.7 Å². The summed E-state index contributed by atoms with van der Waals surface area (Å²) in [6.45, 7) is 14.3. The van der Waals surface area contributed by atoms with Crippen LogP contribution in [-0.4, -0.2) is 35.5 Å². The highest BCUT2D eigenvalue weighted by atomic mass is 19.1. The van der Waals surface area contributed by atoms with Gasteiger partial charge in [0, 0.05) is 18.2 Å². The minimum absolute atomic E-state index is 0.00270. The second-order valence-corrected chi connectivity index (χ2v) is 13.1. The first-order valence-corrected chi connectivity index (χ1v) is 14.1. The van der Waals surface area contributed by atoms with E-state index >= 15 is 0 Å². The fraction of sp³-hybridized carbons (Fsp3) is 0.594. The molecule has 3 rings (SSSR count). The maximum atomic E-state index is 13.9. The molecule has 216 valence electrons. The molecular weight excluding hydrogens is 498 g/mol. The molecule has 2 unspecified atom stereocenters. The van der Waals surface area contributed by atoms with Gasteiger partial charge in [-0.1, -0.05) is 64.8 Å². The van der Waals surface area contributed by atoms with Crippen LogP contribution in [0, 0.1) is 17.6 Å². The minimum atomic E-state index is -1.04. The summed E-state index contributed by atoms with van der Waals surface area (Å²) in [6.07, 6.45) is 2.51. The predicted octanol–water partition coefficient (Wildman–Crippen LogP) is 6.75. The molecule has 1 aliphatic rings. The number of nitrogens with one attached hydrogen (secondary N) is 2. The lowest BCUT2D eigenvalue weighted by Crippen LogP contribution is -2.56. The first-order chi connectivity index (χ1) is 18.1. The number of carbonyl (C=O) groups excluding carboxylic acids is 1. The highest BCUT2D eigenvalue weighted by molar-refractivity contribution is 5.68. The second-order valence-electron chi connectivity index (χ2n) is 13.1. The van der Waals surface area contributed by atoms with E-state index in [2.05, 4.69) is 62.6 Å². The van der Waals surface area contributed by atoms with Crippen LogP contribution in [-0.2, 0) is 22.1 Å². The van der Waals surface area contributed by atoms with Crippen LogP contribution >= 0.6 is 0 Å². The van der Waals surface area contributed by atoms with Crippen molar-refractivity contribution in [3.8, 4) is 0 Å². The molecule has 5 nitrogen and oxygen atoms in total. The van der Waals surface area contributed by atoms with Crippen LogP contribution in [0.5, 0.6) is 0 Å². The van der Waals surface area contributed by atoms with E-state index in [1.807, 2.05) is 0 Å². The lowest BCUT2D eigenvalue weighted by Gasteiger charge is -2.45. The van der Waals surface area contributed by atoms with Gasteiger partial charge in [0.15, 0.2) is 0 Å². The first-order valence-electron chi connectivity index (χ1n) is 14.1.